The van der Waals surface area contributed by atoms with E-state index in [0.717, 1.165) is 30.0 Å². The molecule has 2 aromatic carbocycles. The average molecular weight is 410 g/mol. The SMILES string of the molecule is COCC(=O)Nc1ccc(N2CCN(C(=O)c3ccc(C(C)(C)C)cc3)CC2)cc1. The fourth-order valence-corrected chi connectivity index (χ4v) is 3.55. The van der Waals surface area contributed by atoms with Crippen molar-refractivity contribution in [1.82, 2.24) is 4.90 Å². The van der Waals surface area contributed by atoms with Gasteiger partial charge in [-0.2, -0.15) is 0 Å². The molecule has 0 aromatic heterocycles. The molecule has 1 fully saturated rings. The highest BCUT2D eigenvalue weighted by Crippen LogP contribution is 2.23. The molecule has 1 saturated heterocycles. The van der Waals surface area contributed by atoms with Gasteiger partial charge in [0.05, 0.1) is 0 Å². The van der Waals surface area contributed by atoms with Crippen LogP contribution in [-0.2, 0) is 14.9 Å². The number of anilines is 2. The van der Waals surface area contributed by atoms with Crippen LogP contribution >= 0.6 is 0 Å². The van der Waals surface area contributed by atoms with Crippen molar-refractivity contribution < 1.29 is 14.3 Å². The Morgan fingerprint density at radius 2 is 1.53 bits per heavy atom. The van der Waals surface area contributed by atoms with E-state index >= 15 is 0 Å². The number of ether oxygens (including phenoxy) is 1. The molecule has 1 aliphatic rings. The van der Waals surface area contributed by atoms with Crippen LogP contribution in [0.3, 0.4) is 0 Å². The molecule has 0 aliphatic carbocycles. The number of carbonyl (C=O) groups is 2. The van der Waals surface area contributed by atoms with Gasteiger partial charge in [-0.25, -0.2) is 0 Å². The molecule has 0 radical (unpaired) electrons. The van der Waals surface area contributed by atoms with Crippen molar-refractivity contribution in [2.45, 2.75) is 26.2 Å². The molecule has 1 aliphatic heterocycles. The van der Waals surface area contributed by atoms with Gasteiger partial charge in [-0.15, -0.1) is 0 Å². The number of nitrogens with one attached hydrogen (secondary N) is 1. The van der Waals surface area contributed by atoms with Crippen molar-refractivity contribution in [3.8, 4) is 0 Å². The highest BCUT2D eigenvalue weighted by molar-refractivity contribution is 5.94. The zero-order valence-electron chi connectivity index (χ0n) is 18.3. The summed E-state index contributed by atoms with van der Waals surface area (Å²) in [6.45, 7) is 9.48. The summed E-state index contributed by atoms with van der Waals surface area (Å²) in [5.41, 5.74) is 3.88. The second kappa shape index (κ2) is 9.30. The van der Waals surface area contributed by atoms with Crippen molar-refractivity contribution >= 4 is 23.2 Å². The molecule has 3 rings (SSSR count). The standard InChI is InChI=1S/C24H31N3O3/c1-24(2,3)19-7-5-18(6-8-19)23(29)27-15-13-26(14-16-27)21-11-9-20(10-12-21)25-22(28)17-30-4/h5-12H,13-17H2,1-4H3,(H,25,28). The second-order valence-corrected chi connectivity index (χ2v) is 8.63. The van der Waals surface area contributed by atoms with E-state index in [1.807, 2.05) is 41.3 Å². The normalized spacial score (nSPS) is 14.5. The Hall–Kier alpha value is -2.86. The van der Waals surface area contributed by atoms with Crippen molar-refractivity contribution in [3.05, 3.63) is 59.7 Å². The third-order valence-electron chi connectivity index (χ3n) is 5.36. The molecule has 30 heavy (non-hydrogen) atoms. The Bertz CT molecular complexity index is 862. The molecule has 2 amide bonds. The van der Waals surface area contributed by atoms with Crippen LogP contribution in [0.25, 0.3) is 0 Å². The number of benzene rings is 2. The first-order valence-corrected chi connectivity index (χ1v) is 10.3. The predicted octanol–water partition coefficient (Wildman–Crippen LogP) is 3.53. The Morgan fingerprint density at radius 1 is 0.933 bits per heavy atom. The zero-order chi connectivity index (χ0) is 21.7. The van der Waals surface area contributed by atoms with Crippen molar-refractivity contribution in [2.24, 2.45) is 0 Å². The van der Waals surface area contributed by atoms with E-state index in [0.29, 0.717) is 13.1 Å². The minimum atomic E-state index is -0.173. The molecule has 0 spiro atoms. The maximum atomic E-state index is 12.9. The summed E-state index contributed by atoms with van der Waals surface area (Å²) in [4.78, 5) is 28.6. The van der Waals surface area contributed by atoms with E-state index in [-0.39, 0.29) is 23.8 Å². The van der Waals surface area contributed by atoms with Crippen LogP contribution < -0.4 is 10.2 Å². The lowest BCUT2D eigenvalue weighted by molar-refractivity contribution is -0.119. The monoisotopic (exact) mass is 409 g/mol. The van der Waals surface area contributed by atoms with E-state index < -0.39 is 0 Å². The molecule has 160 valence electrons. The maximum Gasteiger partial charge on any atom is 0.253 e. The molecular formula is C24H31N3O3. The molecule has 6 heteroatoms. The molecular weight excluding hydrogens is 378 g/mol. The first-order chi connectivity index (χ1) is 14.3. The molecule has 0 atom stereocenters. The summed E-state index contributed by atoms with van der Waals surface area (Å²) in [6, 6.07) is 15.7. The second-order valence-electron chi connectivity index (χ2n) is 8.63. The van der Waals surface area contributed by atoms with Crippen LogP contribution in [0.2, 0.25) is 0 Å². The van der Waals surface area contributed by atoms with Crippen LogP contribution in [-0.4, -0.2) is 56.6 Å². The van der Waals surface area contributed by atoms with Crippen LogP contribution in [0.5, 0.6) is 0 Å². The Morgan fingerprint density at radius 3 is 2.07 bits per heavy atom. The van der Waals surface area contributed by atoms with Crippen LogP contribution in [0, 0.1) is 0 Å². The quantitative estimate of drug-likeness (QED) is 0.821. The third kappa shape index (κ3) is 5.39. The highest BCUT2D eigenvalue weighted by atomic mass is 16.5. The maximum absolute atomic E-state index is 12.9. The van der Waals surface area contributed by atoms with Crippen LogP contribution in [0.15, 0.2) is 48.5 Å². The lowest BCUT2D eigenvalue weighted by atomic mass is 9.86. The summed E-state index contributed by atoms with van der Waals surface area (Å²) in [7, 11) is 1.49. The molecule has 0 bridgehead atoms. The van der Waals surface area contributed by atoms with Gasteiger partial charge in [-0.1, -0.05) is 32.9 Å². The number of hydrogen-bond donors (Lipinski definition) is 1. The van der Waals surface area contributed by atoms with Gasteiger partial charge in [0.1, 0.15) is 6.61 Å². The van der Waals surface area contributed by atoms with Crippen molar-refractivity contribution in [2.75, 3.05) is 50.1 Å². The number of carbonyl (C=O) groups excluding carboxylic acids is 2. The van der Waals surface area contributed by atoms with Crippen molar-refractivity contribution in [1.29, 1.82) is 0 Å². The number of methoxy groups -OCH3 is 1. The van der Waals surface area contributed by atoms with Crippen molar-refractivity contribution in [3.63, 3.8) is 0 Å². The molecule has 0 saturated carbocycles. The number of rotatable bonds is 5. The van der Waals surface area contributed by atoms with E-state index in [9.17, 15) is 9.59 Å². The van der Waals surface area contributed by atoms with Gasteiger partial charge < -0.3 is 19.9 Å². The molecule has 6 nitrogen and oxygen atoms in total. The van der Waals surface area contributed by atoms with Gasteiger partial charge in [0.25, 0.3) is 5.91 Å². The lowest BCUT2D eigenvalue weighted by Gasteiger charge is -2.36. The minimum Gasteiger partial charge on any atom is -0.375 e. The summed E-state index contributed by atoms with van der Waals surface area (Å²) in [6.07, 6.45) is 0. The highest BCUT2D eigenvalue weighted by Gasteiger charge is 2.23. The van der Waals surface area contributed by atoms with Crippen LogP contribution in [0.1, 0.15) is 36.7 Å². The van der Waals surface area contributed by atoms with Crippen LogP contribution in [0.4, 0.5) is 11.4 Å². The molecule has 1 N–H and O–H groups in total. The summed E-state index contributed by atoms with van der Waals surface area (Å²) in [5, 5.41) is 2.79. The number of piperazine rings is 1. The van der Waals surface area contributed by atoms with E-state index in [1.54, 1.807) is 0 Å². The van der Waals surface area contributed by atoms with E-state index in [2.05, 4.69) is 43.1 Å². The summed E-state index contributed by atoms with van der Waals surface area (Å²) >= 11 is 0. The van der Waals surface area contributed by atoms with Gasteiger partial charge >= 0.3 is 0 Å². The first-order valence-electron chi connectivity index (χ1n) is 10.3. The van der Waals surface area contributed by atoms with Gasteiger partial charge in [0, 0.05) is 50.2 Å². The summed E-state index contributed by atoms with van der Waals surface area (Å²) in [5.74, 6) is -0.0841. The Labute approximate surface area is 178 Å². The topological polar surface area (TPSA) is 61.9 Å². The van der Waals surface area contributed by atoms with Gasteiger partial charge in [0.15, 0.2) is 0 Å². The number of nitrogens with zero attached hydrogens (tertiary/aromatic N) is 2. The Kier molecular flexibility index (Phi) is 6.77. The number of hydrogen-bond acceptors (Lipinski definition) is 4. The average Bonchev–Trinajstić information content (AvgIpc) is 2.73. The fourth-order valence-electron chi connectivity index (χ4n) is 3.55. The van der Waals surface area contributed by atoms with E-state index in [1.165, 1.54) is 12.7 Å². The largest absolute Gasteiger partial charge is 0.375 e. The Balaban J connectivity index is 1.55. The predicted molar refractivity (Wildman–Crippen MR) is 120 cm³/mol. The lowest BCUT2D eigenvalue weighted by Crippen LogP contribution is -2.48. The third-order valence-corrected chi connectivity index (χ3v) is 5.36. The molecule has 1 heterocycles. The van der Waals surface area contributed by atoms with E-state index in [4.69, 9.17) is 4.74 Å². The molecule has 2 aromatic rings. The molecule has 0 unspecified atom stereocenters. The minimum absolute atomic E-state index is 0.0384. The zero-order valence-corrected chi connectivity index (χ0v) is 18.3. The smallest absolute Gasteiger partial charge is 0.253 e. The van der Waals surface area contributed by atoms with Gasteiger partial charge in [-0.3, -0.25) is 9.59 Å². The van der Waals surface area contributed by atoms with Gasteiger partial charge in [0.2, 0.25) is 5.91 Å². The first kappa shape index (κ1) is 21.8. The number of amides is 2. The fraction of sp³-hybridized carbons (Fsp3) is 0.417. The van der Waals surface area contributed by atoms with Gasteiger partial charge in [-0.05, 0) is 47.4 Å². The summed E-state index contributed by atoms with van der Waals surface area (Å²) < 4.78 is 4.82.